The molecule has 1 heterocycles. The molecule has 0 fully saturated rings. The van der Waals surface area contributed by atoms with Gasteiger partial charge in [-0.1, -0.05) is 0 Å². The second-order valence-electron chi connectivity index (χ2n) is 2.18. The maximum Gasteiger partial charge on any atom is 0.273 e. The number of carbonyl (C=O) groups is 3. The molecule has 0 aliphatic heterocycles. The van der Waals surface area contributed by atoms with Crippen molar-refractivity contribution in [2.75, 3.05) is 0 Å². The zero-order chi connectivity index (χ0) is 11.6. The zero-order valence-electron chi connectivity index (χ0n) is 6.70. The third kappa shape index (κ3) is 2.47. The molecule has 0 radical (unpaired) electrons. The average molecular weight is 268 g/mol. The first-order chi connectivity index (χ1) is 6.95. The van der Waals surface area contributed by atoms with Crippen LogP contribution in [0.4, 0.5) is 0 Å². The lowest BCUT2D eigenvalue weighted by molar-refractivity contribution is 0.103. The second kappa shape index (κ2) is 4.61. The van der Waals surface area contributed by atoms with Crippen molar-refractivity contribution in [3.8, 4) is 0 Å². The van der Waals surface area contributed by atoms with Gasteiger partial charge in [0.2, 0.25) is 0 Å². The largest absolute Gasteiger partial charge is 0.275 e. The maximum absolute atomic E-state index is 10.9. The van der Waals surface area contributed by atoms with E-state index in [0.717, 1.165) is 0 Å². The summed E-state index contributed by atoms with van der Waals surface area (Å²) in [6, 6.07) is 0. The zero-order valence-corrected chi connectivity index (χ0v) is 8.97. The minimum absolute atomic E-state index is 0.549. The van der Waals surface area contributed by atoms with E-state index in [9.17, 15) is 14.4 Å². The summed E-state index contributed by atoms with van der Waals surface area (Å²) in [6.45, 7) is 0. The second-order valence-corrected chi connectivity index (χ2v) is 3.21. The molecule has 0 spiro atoms. The molecule has 0 unspecified atom stereocenters. The molecule has 0 saturated heterocycles. The number of hydrogen-bond acceptors (Lipinski definition) is 6. The molecule has 6 nitrogen and oxygen atoms in total. The van der Waals surface area contributed by atoms with E-state index in [2.05, 4.69) is 15.4 Å². The number of nitrogens with zero attached hydrogens (tertiary/aromatic N) is 3. The predicted octanol–water partition coefficient (Wildman–Crippen LogP) is 1.01. The van der Waals surface area contributed by atoms with Crippen LogP contribution in [0.2, 0.25) is 0 Å². The summed E-state index contributed by atoms with van der Waals surface area (Å²) in [6.07, 6.45) is 0. The van der Waals surface area contributed by atoms with E-state index in [1.54, 1.807) is 0 Å². The summed E-state index contributed by atoms with van der Waals surface area (Å²) in [5.74, 6) is 0. The minimum atomic E-state index is -1.12. The van der Waals surface area contributed by atoms with Crippen LogP contribution in [-0.2, 0) is 0 Å². The van der Waals surface area contributed by atoms with Gasteiger partial charge < -0.3 is 0 Å². The van der Waals surface area contributed by atoms with Gasteiger partial charge in [-0.25, -0.2) is 0 Å². The van der Waals surface area contributed by atoms with Gasteiger partial charge in [0.1, 0.15) is 0 Å². The van der Waals surface area contributed by atoms with Crippen LogP contribution in [0.5, 0.6) is 0 Å². The van der Waals surface area contributed by atoms with Crippen LogP contribution in [0, 0.1) is 0 Å². The van der Waals surface area contributed by atoms with Gasteiger partial charge in [-0.05, 0) is 40.0 Å². The van der Waals surface area contributed by atoms with Crippen molar-refractivity contribution in [3.05, 3.63) is 17.0 Å². The van der Waals surface area contributed by atoms with Crippen LogP contribution in [0.1, 0.15) is 31.3 Å². The van der Waals surface area contributed by atoms with E-state index < -0.39 is 32.7 Å². The molecular formula is C6Cl3N3O3. The molecule has 0 N–H and O–H groups in total. The molecule has 0 bridgehead atoms. The Morgan fingerprint density at radius 2 is 1.20 bits per heavy atom. The topological polar surface area (TPSA) is 89.9 Å². The Morgan fingerprint density at radius 1 is 0.800 bits per heavy atom. The first-order valence-corrected chi connectivity index (χ1v) is 4.41. The van der Waals surface area contributed by atoms with E-state index in [-0.39, 0.29) is 0 Å². The number of carbonyl (C=O) groups excluding carboxylic acids is 3. The quantitative estimate of drug-likeness (QED) is 0.760. The molecule has 15 heavy (non-hydrogen) atoms. The predicted molar refractivity (Wildman–Crippen MR) is 50.4 cm³/mol. The summed E-state index contributed by atoms with van der Waals surface area (Å²) in [4.78, 5) is 32.6. The van der Waals surface area contributed by atoms with E-state index in [0.29, 0.717) is 0 Å². The number of aromatic nitrogens is 3. The standard InChI is InChI=1S/C6Cl3N3O3/c7-4(13)1-2(5(8)14)10-12-11-3(1)6(9)15. The summed E-state index contributed by atoms with van der Waals surface area (Å²) < 4.78 is 0. The van der Waals surface area contributed by atoms with Gasteiger partial charge in [0, 0.05) is 0 Å². The molecule has 0 aromatic carbocycles. The van der Waals surface area contributed by atoms with E-state index in [1.807, 2.05) is 0 Å². The highest BCUT2D eigenvalue weighted by Crippen LogP contribution is 2.15. The first-order valence-electron chi connectivity index (χ1n) is 3.28. The third-order valence-corrected chi connectivity index (χ3v) is 1.88. The van der Waals surface area contributed by atoms with Crippen molar-refractivity contribution < 1.29 is 14.4 Å². The Labute approximate surface area is 97.5 Å². The Bertz CT molecular complexity index is 430. The van der Waals surface area contributed by atoms with Crippen molar-refractivity contribution >= 4 is 50.5 Å². The fraction of sp³-hybridized carbons (Fsp3) is 0. The first kappa shape index (κ1) is 12.0. The normalized spacial score (nSPS) is 9.80. The molecule has 0 amide bonds. The van der Waals surface area contributed by atoms with E-state index in [4.69, 9.17) is 34.8 Å². The van der Waals surface area contributed by atoms with Crippen molar-refractivity contribution in [2.24, 2.45) is 0 Å². The average Bonchev–Trinajstić information content (AvgIpc) is 2.16. The fourth-order valence-corrected chi connectivity index (χ4v) is 1.23. The van der Waals surface area contributed by atoms with Crippen molar-refractivity contribution in [1.29, 1.82) is 0 Å². The van der Waals surface area contributed by atoms with Gasteiger partial charge in [0.05, 0.1) is 5.56 Å². The molecule has 0 atom stereocenters. The lowest BCUT2D eigenvalue weighted by Crippen LogP contribution is -2.14. The molecule has 1 aromatic heterocycles. The Hall–Kier alpha value is -1.11. The monoisotopic (exact) mass is 267 g/mol. The Morgan fingerprint density at radius 3 is 1.47 bits per heavy atom. The maximum atomic E-state index is 10.9. The molecule has 0 aliphatic carbocycles. The highest BCUT2D eigenvalue weighted by atomic mass is 35.5. The van der Waals surface area contributed by atoms with Gasteiger partial charge in [-0.2, -0.15) is 0 Å². The summed E-state index contributed by atoms with van der Waals surface area (Å²) in [5, 5.41) is 6.12. The molecule has 78 valence electrons. The molecule has 1 aromatic rings. The lowest BCUT2D eigenvalue weighted by Gasteiger charge is -2.00. The van der Waals surface area contributed by atoms with Gasteiger partial charge in [-0.3, -0.25) is 14.4 Å². The van der Waals surface area contributed by atoms with Gasteiger partial charge in [-0.15, -0.1) is 10.2 Å². The third-order valence-electron chi connectivity index (χ3n) is 1.33. The van der Waals surface area contributed by atoms with Crippen LogP contribution in [0.25, 0.3) is 0 Å². The van der Waals surface area contributed by atoms with Gasteiger partial charge >= 0.3 is 0 Å². The molecule has 1 rings (SSSR count). The summed E-state index contributed by atoms with van der Waals surface area (Å²) >= 11 is 15.3. The Balaban J connectivity index is 3.56. The number of halogens is 3. The van der Waals surface area contributed by atoms with Crippen molar-refractivity contribution in [2.45, 2.75) is 0 Å². The molecule has 0 saturated carbocycles. The number of hydrogen-bond donors (Lipinski definition) is 0. The minimum Gasteiger partial charge on any atom is -0.275 e. The molecule has 9 heteroatoms. The number of rotatable bonds is 3. The van der Waals surface area contributed by atoms with E-state index in [1.165, 1.54) is 0 Å². The van der Waals surface area contributed by atoms with Crippen LogP contribution >= 0.6 is 34.8 Å². The highest BCUT2D eigenvalue weighted by Gasteiger charge is 2.25. The molecule has 0 aliphatic rings. The van der Waals surface area contributed by atoms with Crippen LogP contribution in [-0.4, -0.2) is 31.1 Å². The van der Waals surface area contributed by atoms with Gasteiger partial charge in [0.25, 0.3) is 15.7 Å². The Kier molecular flexibility index (Phi) is 3.67. The van der Waals surface area contributed by atoms with Crippen LogP contribution in [0.3, 0.4) is 0 Å². The smallest absolute Gasteiger partial charge is 0.273 e. The van der Waals surface area contributed by atoms with Crippen molar-refractivity contribution in [1.82, 2.24) is 15.4 Å². The van der Waals surface area contributed by atoms with Crippen molar-refractivity contribution in [3.63, 3.8) is 0 Å². The van der Waals surface area contributed by atoms with Gasteiger partial charge in [0.15, 0.2) is 11.4 Å². The van der Waals surface area contributed by atoms with Crippen LogP contribution < -0.4 is 0 Å². The lowest BCUT2D eigenvalue weighted by atomic mass is 10.2. The fourth-order valence-electron chi connectivity index (χ4n) is 0.785. The molecular weight excluding hydrogens is 268 g/mol. The van der Waals surface area contributed by atoms with E-state index >= 15 is 0 Å². The highest BCUT2D eigenvalue weighted by molar-refractivity contribution is 6.74. The summed E-state index contributed by atoms with van der Waals surface area (Å²) in [7, 11) is 0. The van der Waals surface area contributed by atoms with Crippen LogP contribution in [0.15, 0.2) is 0 Å². The SMILES string of the molecule is O=C(Cl)c1nnnc(C(=O)Cl)c1C(=O)Cl. The summed E-state index contributed by atoms with van der Waals surface area (Å²) in [5.41, 5.74) is -1.67.